The van der Waals surface area contributed by atoms with Crippen molar-refractivity contribution in [2.75, 3.05) is 13.7 Å². The summed E-state index contributed by atoms with van der Waals surface area (Å²) in [6, 6.07) is 5.70. The van der Waals surface area contributed by atoms with Crippen molar-refractivity contribution >= 4 is 5.91 Å². The molecule has 100 valence electrons. The van der Waals surface area contributed by atoms with Crippen LogP contribution in [0.15, 0.2) is 24.3 Å². The van der Waals surface area contributed by atoms with Crippen molar-refractivity contribution in [1.82, 2.24) is 4.90 Å². The van der Waals surface area contributed by atoms with Gasteiger partial charge in [0, 0.05) is 7.05 Å². The molecule has 0 bridgehead atoms. The molecule has 0 spiro atoms. The lowest BCUT2D eigenvalue weighted by Gasteiger charge is -2.26. The molecule has 2 unspecified atom stereocenters. The van der Waals surface area contributed by atoms with Gasteiger partial charge in [0.2, 0.25) is 5.91 Å². The minimum absolute atomic E-state index is 0.0891. The van der Waals surface area contributed by atoms with Crippen LogP contribution in [-0.2, 0) is 11.2 Å². The molecule has 0 radical (unpaired) electrons. The number of likely N-dealkylation sites (N-methyl/N-ethyl adjacent to an activating group) is 1. The minimum Gasteiger partial charge on any atom is -0.508 e. The summed E-state index contributed by atoms with van der Waals surface area (Å²) in [5.74, 6) is -0.0192. The Bertz CT molecular complexity index is 392. The van der Waals surface area contributed by atoms with Crippen LogP contribution in [0.1, 0.15) is 12.5 Å². The number of rotatable bonds is 5. The van der Waals surface area contributed by atoms with Gasteiger partial charge >= 0.3 is 0 Å². The van der Waals surface area contributed by atoms with Crippen LogP contribution in [0.5, 0.6) is 5.75 Å². The number of nitrogens with zero attached hydrogens (tertiary/aromatic N) is 1. The molecular weight excluding hydrogens is 232 g/mol. The Hall–Kier alpha value is -1.59. The molecule has 0 aliphatic rings. The van der Waals surface area contributed by atoms with Gasteiger partial charge in [-0.2, -0.15) is 0 Å². The number of hydrogen-bond acceptors (Lipinski definition) is 4. The molecule has 0 saturated heterocycles. The number of aliphatic hydroxyl groups excluding tert-OH is 1. The van der Waals surface area contributed by atoms with Crippen molar-refractivity contribution in [1.29, 1.82) is 0 Å². The highest BCUT2D eigenvalue weighted by atomic mass is 16.3. The van der Waals surface area contributed by atoms with Gasteiger partial charge in [0.05, 0.1) is 18.7 Å². The second-order valence-electron chi connectivity index (χ2n) is 4.46. The zero-order valence-corrected chi connectivity index (χ0v) is 10.7. The number of nitrogens with two attached hydrogens (primary N) is 1. The number of benzene rings is 1. The van der Waals surface area contributed by atoms with Gasteiger partial charge in [0.1, 0.15) is 5.75 Å². The lowest BCUT2D eigenvalue weighted by atomic mass is 10.1. The first-order valence-corrected chi connectivity index (χ1v) is 5.86. The summed E-state index contributed by atoms with van der Waals surface area (Å²) in [4.78, 5) is 13.4. The maximum absolute atomic E-state index is 12.0. The van der Waals surface area contributed by atoms with E-state index in [1.165, 1.54) is 4.90 Å². The van der Waals surface area contributed by atoms with Gasteiger partial charge < -0.3 is 20.8 Å². The van der Waals surface area contributed by atoms with Crippen molar-refractivity contribution in [3.05, 3.63) is 29.8 Å². The van der Waals surface area contributed by atoms with Crippen LogP contribution < -0.4 is 5.73 Å². The van der Waals surface area contributed by atoms with Crippen LogP contribution in [0.25, 0.3) is 0 Å². The zero-order chi connectivity index (χ0) is 13.7. The fourth-order valence-electron chi connectivity index (χ4n) is 1.57. The standard InChI is InChI=1S/C13H20N2O3/c1-9(8-16)15(2)13(18)12(14)7-10-3-5-11(17)6-4-10/h3-6,9,12,16-17H,7-8,14H2,1-2H3. The van der Waals surface area contributed by atoms with Gasteiger partial charge in [-0.15, -0.1) is 0 Å². The number of amides is 1. The molecular formula is C13H20N2O3. The van der Waals surface area contributed by atoms with E-state index in [0.29, 0.717) is 6.42 Å². The number of phenols is 1. The molecule has 18 heavy (non-hydrogen) atoms. The Balaban J connectivity index is 2.62. The normalized spacial score (nSPS) is 14.0. The fourth-order valence-corrected chi connectivity index (χ4v) is 1.57. The SMILES string of the molecule is CC(CO)N(C)C(=O)C(N)Cc1ccc(O)cc1. The van der Waals surface area contributed by atoms with Crippen molar-refractivity contribution in [3.8, 4) is 5.75 Å². The summed E-state index contributed by atoms with van der Waals surface area (Å²) in [6.07, 6.45) is 0.404. The number of hydrogen-bond donors (Lipinski definition) is 3. The molecule has 1 aromatic rings. The lowest BCUT2D eigenvalue weighted by Crippen LogP contribution is -2.47. The summed E-state index contributed by atoms with van der Waals surface area (Å²) in [5, 5.41) is 18.2. The highest BCUT2D eigenvalue weighted by Crippen LogP contribution is 2.11. The van der Waals surface area contributed by atoms with E-state index in [2.05, 4.69) is 0 Å². The molecule has 0 saturated carbocycles. The second-order valence-corrected chi connectivity index (χ2v) is 4.46. The number of aromatic hydroxyl groups is 1. The first-order valence-electron chi connectivity index (χ1n) is 5.86. The van der Waals surface area contributed by atoms with Gasteiger partial charge in [-0.05, 0) is 31.0 Å². The lowest BCUT2D eigenvalue weighted by molar-refractivity contribution is -0.133. The monoisotopic (exact) mass is 252 g/mol. The van der Waals surface area contributed by atoms with E-state index < -0.39 is 6.04 Å². The predicted octanol–water partition coefficient (Wildman–Crippen LogP) is 0.101. The van der Waals surface area contributed by atoms with Gasteiger partial charge in [-0.25, -0.2) is 0 Å². The Morgan fingerprint density at radius 3 is 2.44 bits per heavy atom. The van der Waals surface area contributed by atoms with Gasteiger partial charge in [-0.3, -0.25) is 4.79 Å². The highest BCUT2D eigenvalue weighted by Gasteiger charge is 2.21. The third-order valence-electron chi connectivity index (χ3n) is 2.98. The zero-order valence-electron chi connectivity index (χ0n) is 10.7. The third-order valence-corrected chi connectivity index (χ3v) is 2.98. The Labute approximate surface area is 107 Å². The molecule has 1 rings (SSSR count). The van der Waals surface area contributed by atoms with E-state index in [0.717, 1.165) is 5.56 Å². The topological polar surface area (TPSA) is 86.8 Å². The molecule has 0 aromatic heterocycles. The summed E-state index contributed by atoms with van der Waals surface area (Å²) < 4.78 is 0. The average Bonchev–Trinajstić information content (AvgIpc) is 2.38. The third kappa shape index (κ3) is 3.72. The minimum atomic E-state index is -0.645. The number of aliphatic hydroxyl groups is 1. The van der Waals surface area contributed by atoms with Gasteiger partial charge in [0.25, 0.3) is 0 Å². The van der Waals surface area contributed by atoms with E-state index in [-0.39, 0.29) is 24.3 Å². The van der Waals surface area contributed by atoms with Crippen molar-refractivity contribution in [2.24, 2.45) is 5.73 Å². The van der Waals surface area contributed by atoms with E-state index in [4.69, 9.17) is 15.9 Å². The van der Waals surface area contributed by atoms with E-state index in [1.807, 2.05) is 0 Å². The smallest absolute Gasteiger partial charge is 0.239 e. The molecule has 0 aliphatic carbocycles. The quantitative estimate of drug-likeness (QED) is 0.693. The Morgan fingerprint density at radius 2 is 1.94 bits per heavy atom. The maximum Gasteiger partial charge on any atom is 0.239 e. The second kappa shape index (κ2) is 6.37. The van der Waals surface area contributed by atoms with Crippen LogP contribution in [0.3, 0.4) is 0 Å². The molecule has 2 atom stereocenters. The summed E-state index contributed by atoms with van der Waals surface area (Å²) in [7, 11) is 1.62. The van der Waals surface area contributed by atoms with E-state index in [9.17, 15) is 4.79 Å². The molecule has 4 N–H and O–H groups in total. The van der Waals surface area contributed by atoms with Crippen LogP contribution in [0, 0.1) is 0 Å². The number of carbonyl (C=O) groups excluding carboxylic acids is 1. The maximum atomic E-state index is 12.0. The van der Waals surface area contributed by atoms with Crippen molar-refractivity contribution < 1.29 is 15.0 Å². The van der Waals surface area contributed by atoms with Crippen molar-refractivity contribution in [3.63, 3.8) is 0 Å². The molecule has 5 heteroatoms. The number of phenolic OH excluding ortho intramolecular Hbond substituents is 1. The molecule has 0 aliphatic heterocycles. The predicted molar refractivity (Wildman–Crippen MR) is 69.1 cm³/mol. The van der Waals surface area contributed by atoms with Gasteiger partial charge in [0.15, 0.2) is 0 Å². The average molecular weight is 252 g/mol. The van der Waals surface area contributed by atoms with Crippen molar-refractivity contribution in [2.45, 2.75) is 25.4 Å². The van der Waals surface area contributed by atoms with Crippen LogP contribution in [0.2, 0.25) is 0 Å². The highest BCUT2D eigenvalue weighted by molar-refractivity contribution is 5.82. The van der Waals surface area contributed by atoms with Gasteiger partial charge in [-0.1, -0.05) is 12.1 Å². The molecule has 1 aromatic carbocycles. The Kier molecular flexibility index (Phi) is 5.12. The number of carbonyl (C=O) groups is 1. The molecule has 1 amide bonds. The Morgan fingerprint density at radius 1 is 1.39 bits per heavy atom. The molecule has 0 heterocycles. The van der Waals surface area contributed by atoms with Crippen LogP contribution in [0.4, 0.5) is 0 Å². The first-order chi connectivity index (χ1) is 8.45. The molecule has 5 nitrogen and oxygen atoms in total. The van der Waals surface area contributed by atoms with Crippen LogP contribution in [-0.4, -0.2) is 46.8 Å². The fraction of sp³-hybridized carbons (Fsp3) is 0.462. The van der Waals surface area contributed by atoms with E-state index >= 15 is 0 Å². The van der Waals surface area contributed by atoms with Crippen LogP contribution >= 0.6 is 0 Å². The van der Waals surface area contributed by atoms with E-state index in [1.54, 1.807) is 38.2 Å². The molecule has 0 fully saturated rings. The summed E-state index contributed by atoms with van der Waals surface area (Å²) in [6.45, 7) is 1.67. The summed E-state index contributed by atoms with van der Waals surface area (Å²) >= 11 is 0. The summed E-state index contributed by atoms with van der Waals surface area (Å²) in [5.41, 5.74) is 6.73. The largest absolute Gasteiger partial charge is 0.508 e. The first kappa shape index (κ1) is 14.5.